The highest BCUT2D eigenvalue weighted by Crippen LogP contribution is 2.39. The van der Waals surface area contributed by atoms with Crippen LogP contribution in [-0.4, -0.2) is 43.0 Å². The maximum Gasteiger partial charge on any atom is 0.416 e. The average molecular weight is 383 g/mol. The van der Waals surface area contributed by atoms with Crippen molar-refractivity contribution in [2.75, 3.05) is 31.5 Å². The quantitative estimate of drug-likeness (QED) is 0.718. The van der Waals surface area contributed by atoms with Gasteiger partial charge in [0.05, 0.1) is 28.9 Å². The topological polar surface area (TPSA) is 39.7 Å². The lowest BCUT2D eigenvalue weighted by Crippen LogP contribution is -2.50. The normalized spacial score (nSPS) is 25.5. The van der Waals surface area contributed by atoms with Gasteiger partial charge in [0.1, 0.15) is 5.84 Å². The molecule has 3 aliphatic rings. The molecule has 2 aliphatic heterocycles. The highest BCUT2D eigenvalue weighted by molar-refractivity contribution is 6.31. The van der Waals surface area contributed by atoms with Gasteiger partial charge in [0, 0.05) is 31.2 Å². The number of alkyl halides is 3. The van der Waals surface area contributed by atoms with Crippen LogP contribution in [0.5, 0.6) is 0 Å². The van der Waals surface area contributed by atoms with Crippen molar-refractivity contribution >= 4 is 28.8 Å². The second-order valence-electron chi connectivity index (χ2n) is 6.54. The molecule has 4 nitrogen and oxygen atoms in total. The summed E-state index contributed by atoms with van der Waals surface area (Å²) in [4.78, 5) is 6.80. The van der Waals surface area contributed by atoms with Crippen molar-refractivity contribution in [3.8, 4) is 0 Å². The summed E-state index contributed by atoms with van der Waals surface area (Å²) < 4.78 is 39.4. The van der Waals surface area contributed by atoms with E-state index in [2.05, 4.69) is 20.5 Å². The Bertz CT molecular complexity index is 794. The lowest BCUT2D eigenvalue weighted by molar-refractivity contribution is -0.137. The number of hydrogen-bond donors (Lipinski definition) is 2. The Morgan fingerprint density at radius 3 is 2.69 bits per heavy atom. The maximum atomic E-state index is 13.1. The van der Waals surface area contributed by atoms with E-state index in [0.717, 1.165) is 44.1 Å². The van der Waals surface area contributed by atoms with E-state index in [1.54, 1.807) is 6.08 Å². The molecule has 0 radical (unpaired) electrons. The minimum atomic E-state index is -4.40. The van der Waals surface area contributed by atoms with Gasteiger partial charge < -0.3 is 15.5 Å². The highest BCUT2D eigenvalue weighted by Gasteiger charge is 2.35. The fourth-order valence-corrected chi connectivity index (χ4v) is 3.70. The van der Waals surface area contributed by atoms with E-state index in [4.69, 9.17) is 11.6 Å². The van der Waals surface area contributed by atoms with Crippen molar-refractivity contribution in [1.29, 1.82) is 0 Å². The molecular weight excluding hydrogens is 365 g/mol. The minimum Gasteiger partial charge on any atom is -0.376 e. The molecule has 1 fully saturated rings. The molecule has 8 heteroatoms. The zero-order valence-electron chi connectivity index (χ0n) is 13.9. The molecule has 0 amide bonds. The first-order chi connectivity index (χ1) is 12.4. The van der Waals surface area contributed by atoms with Gasteiger partial charge in [0.2, 0.25) is 0 Å². The van der Waals surface area contributed by atoms with Crippen LogP contribution >= 0.6 is 11.6 Å². The fourth-order valence-electron chi connectivity index (χ4n) is 3.49. The lowest BCUT2D eigenvalue weighted by Gasteiger charge is -2.35. The second-order valence-corrected chi connectivity index (χ2v) is 6.98. The molecule has 4 rings (SSSR count). The predicted molar refractivity (Wildman–Crippen MR) is 97.0 cm³/mol. The first-order valence-electron chi connectivity index (χ1n) is 8.49. The van der Waals surface area contributed by atoms with Gasteiger partial charge in [-0.2, -0.15) is 13.2 Å². The van der Waals surface area contributed by atoms with Gasteiger partial charge in [0.15, 0.2) is 0 Å². The van der Waals surface area contributed by atoms with Gasteiger partial charge in [-0.3, -0.25) is 0 Å². The summed E-state index contributed by atoms with van der Waals surface area (Å²) >= 11 is 6.20. The molecule has 1 aliphatic carbocycles. The molecule has 2 heterocycles. The smallest absolute Gasteiger partial charge is 0.376 e. The van der Waals surface area contributed by atoms with Crippen LogP contribution in [0.3, 0.4) is 0 Å². The minimum absolute atomic E-state index is 0.107. The molecule has 26 heavy (non-hydrogen) atoms. The molecule has 1 aromatic carbocycles. The zero-order chi connectivity index (χ0) is 18.3. The number of allylic oxidation sites excluding steroid dienone is 2. The van der Waals surface area contributed by atoms with E-state index in [9.17, 15) is 13.2 Å². The van der Waals surface area contributed by atoms with Crippen molar-refractivity contribution in [3.05, 3.63) is 47.0 Å². The van der Waals surface area contributed by atoms with Crippen LogP contribution in [0.1, 0.15) is 5.56 Å². The van der Waals surface area contributed by atoms with E-state index in [1.807, 2.05) is 12.2 Å². The Kier molecular flexibility index (Phi) is 4.44. The summed E-state index contributed by atoms with van der Waals surface area (Å²) in [5.74, 6) is 0.622. The fraction of sp³-hybridized carbons (Fsp3) is 0.389. The number of fused-ring (bicyclic) bond motifs is 2. The Labute approximate surface area is 154 Å². The number of amidine groups is 1. The third kappa shape index (κ3) is 3.33. The average Bonchev–Trinajstić information content (AvgIpc) is 2.77. The van der Waals surface area contributed by atoms with Gasteiger partial charge in [-0.25, -0.2) is 4.99 Å². The van der Waals surface area contributed by atoms with Gasteiger partial charge in [-0.1, -0.05) is 23.8 Å². The Hall–Kier alpha value is -1.99. The number of benzene rings is 1. The summed E-state index contributed by atoms with van der Waals surface area (Å²) in [6.07, 6.45) is 1.26. The highest BCUT2D eigenvalue weighted by atomic mass is 35.5. The molecule has 1 aromatic rings. The van der Waals surface area contributed by atoms with Gasteiger partial charge in [0.25, 0.3) is 0 Å². The zero-order valence-corrected chi connectivity index (χ0v) is 14.6. The molecule has 2 N–H and O–H groups in total. The Morgan fingerprint density at radius 1 is 1.19 bits per heavy atom. The third-order valence-corrected chi connectivity index (χ3v) is 5.06. The van der Waals surface area contributed by atoms with Crippen molar-refractivity contribution < 1.29 is 13.2 Å². The van der Waals surface area contributed by atoms with Gasteiger partial charge in [-0.05, 0) is 24.3 Å². The summed E-state index contributed by atoms with van der Waals surface area (Å²) in [6, 6.07) is 3.54. The summed E-state index contributed by atoms with van der Waals surface area (Å²) in [5, 5.41) is 7.21. The van der Waals surface area contributed by atoms with Crippen LogP contribution < -0.4 is 10.6 Å². The summed E-state index contributed by atoms with van der Waals surface area (Å²) in [5.41, 5.74) is 0.199. The van der Waals surface area contributed by atoms with Crippen LogP contribution in [0.25, 0.3) is 0 Å². The molecule has 0 bridgehead atoms. The van der Waals surface area contributed by atoms with Crippen LogP contribution in [-0.2, 0) is 6.18 Å². The number of hydrogen-bond acceptors (Lipinski definition) is 4. The first-order valence-corrected chi connectivity index (χ1v) is 8.87. The third-order valence-electron chi connectivity index (χ3n) is 4.81. The molecule has 0 saturated carbocycles. The van der Waals surface area contributed by atoms with Crippen LogP contribution in [0.15, 0.2) is 46.5 Å². The second kappa shape index (κ2) is 6.63. The molecule has 2 atom stereocenters. The standard InChI is InChI=1S/C18H18ClF3N4/c19-12-2-4-14-13(10-12)17(26-7-5-23-6-8-26)25-16-9-11(18(20,21)22)1-3-15(16)24-14/h1-4,9-10,13-14,23-24H,5-8H2. The number of nitrogens with one attached hydrogen (secondary N) is 2. The van der Waals surface area contributed by atoms with Crippen molar-refractivity contribution in [2.24, 2.45) is 10.9 Å². The van der Waals surface area contributed by atoms with Crippen molar-refractivity contribution in [3.63, 3.8) is 0 Å². The van der Waals surface area contributed by atoms with E-state index >= 15 is 0 Å². The molecule has 0 aromatic heterocycles. The molecular formula is C18H18ClF3N4. The predicted octanol–water partition coefficient (Wildman–Crippen LogP) is 3.74. The number of halogens is 4. The van der Waals surface area contributed by atoms with Crippen molar-refractivity contribution in [1.82, 2.24) is 10.2 Å². The summed E-state index contributed by atoms with van der Waals surface area (Å²) in [7, 11) is 0. The molecule has 0 spiro atoms. The van der Waals surface area contributed by atoms with E-state index in [1.165, 1.54) is 6.07 Å². The Morgan fingerprint density at radius 2 is 1.96 bits per heavy atom. The van der Waals surface area contributed by atoms with E-state index in [0.29, 0.717) is 16.4 Å². The number of rotatable bonds is 0. The molecule has 138 valence electrons. The number of anilines is 1. The molecule has 2 unspecified atom stereocenters. The van der Waals surface area contributed by atoms with Gasteiger partial charge >= 0.3 is 6.18 Å². The monoisotopic (exact) mass is 382 g/mol. The van der Waals surface area contributed by atoms with Crippen molar-refractivity contribution in [2.45, 2.75) is 12.2 Å². The SMILES string of the molecule is FC(F)(F)c1ccc2c(c1)N=C(N1CCNCC1)C1C=C(Cl)C=CC1N2. The largest absolute Gasteiger partial charge is 0.416 e. The van der Waals surface area contributed by atoms with E-state index in [-0.39, 0.29) is 12.0 Å². The first kappa shape index (κ1) is 17.4. The van der Waals surface area contributed by atoms with Crippen LogP contribution in [0.2, 0.25) is 0 Å². The van der Waals surface area contributed by atoms with Gasteiger partial charge in [-0.15, -0.1) is 0 Å². The Balaban J connectivity index is 1.81. The van der Waals surface area contributed by atoms with Crippen LogP contribution in [0, 0.1) is 5.92 Å². The maximum absolute atomic E-state index is 13.1. The van der Waals surface area contributed by atoms with Crippen LogP contribution in [0.4, 0.5) is 24.5 Å². The molecule has 1 saturated heterocycles. The lowest BCUT2D eigenvalue weighted by atomic mass is 9.92. The number of nitrogens with zero attached hydrogens (tertiary/aromatic N) is 2. The number of aliphatic imine (C=N–C) groups is 1. The number of piperazine rings is 1. The van der Waals surface area contributed by atoms with E-state index < -0.39 is 11.7 Å². The summed E-state index contributed by atoms with van der Waals surface area (Å²) in [6.45, 7) is 3.14.